The molecule has 2 saturated heterocycles. The molecule has 2 heterocycles. The predicted molar refractivity (Wildman–Crippen MR) is 74.2 cm³/mol. The Kier molecular flexibility index (Phi) is 3.93. The van der Waals surface area contributed by atoms with E-state index in [0.29, 0.717) is 10.9 Å². The monoisotopic (exact) mass is 293 g/mol. The summed E-state index contributed by atoms with van der Waals surface area (Å²) in [6.07, 6.45) is 1.14. The van der Waals surface area contributed by atoms with Crippen LogP contribution in [0.4, 0.5) is 0 Å². The van der Waals surface area contributed by atoms with Gasteiger partial charge in [-0.25, -0.2) is 4.79 Å². The third kappa shape index (κ3) is 2.66. The van der Waals surface area contributed by atoms with Crippen LogP contribution in [-0.4, -0.2) is 47.3 Å². The summed E-state index contributed by atoms with van der Waals surface area (Å²) in [5.41, 5.74) is 0.447. The van der Waals surface area contributed by atoms with Crippen LogP contribution in [0.25, 0.3) is 0 Å². The number of hydrogen-bond donors (Lipinski definition) is 0. The van der Waals surface area contributed by atoms with Crippen molar-refractivity contribution in [1.29, 1.82) is 0 Å². The molecule has 2 unspecified atom stereocenters. The van der Waals surface area contributed by atoms with Gasteiger partial charge in [0.1, 0.15) is 6.04 Å². The van der Waals surface area contributed by atoms with Crippen molar-refractivity contribution >= 4 is 23.7 Å². The van der Waals surface area contributed by atoms with Crippen molar-refractivity contribution < 1.29 is 19.1 Å². The number of hydrogen-bond acceptors (Lipinski definition) is 6. The molecule has 0 N–H and O–H groups in total. The van der Waals surface area contributed by atoms with Gasteiger partial charge in [0, 0.05) is 12.3 Å². The molecule has 20 heavy (non-hydrogen) atoms. The topological polar surface area (TPSA) is 55.8 Å². The van der Waals surface area contributed by atoms with Crippen LogP contribution < -0.4 is 0 Å². The molecular weight excluding hydrogens is 278 g/mol. The normalized spacial score (nSPS) is 24.6. The summed E-state index contributed by atoms with van der Waals surface area (Å²) in [4.78, 5) is 25.7. The molecule has 2 aliphatic rings. The van der Waals surface area contributed by atoms with Crippen molar-refractivity contribution in [1.82, 2.24) is 4.90 Å². The standard InChI is InChI=1S/C14H15NO4S/c16-13(10-4-2-1-3-5-10)18-9-19-14(17)11-8-20-12-6-7-15(11)12/h1-5,11-12H,6-9H2. The minimum atomic E-state index is -0.485. The van der Waals surface area contributed by atoms with E-state index in [2.05, 4.69) is 4.90 Å². The van der Waals surface area contributed by atoms with Crippen LogP contribution in [0.1, 0.15) is 16.8 Å². The highest BCUT2D eigenvalue weighted by atomic mass is 32.2. The van der Waals surface area contributed by atoms with E-state index in [0.717, 1.165) is 18.7 Å². The first kappa shape index (κ1) is 13.5. The third-order valence-corrected chi connectivity index (χ3v) is 4.92. The highest BCUT2D eigenvalue weighted by Gasteiger charge is 2.44. The van der Waals surface area contributed by atoms with E-state index in [4.69, 9.17) is 9.47 Å². The first-order valence-electron chi connectivity index (χ1n) is 6.52. The zero-order valence-corrected chi connectivity index (χ0v) is 11.7. The molecule has 2 aliphatic heterocycles. The second kappa shape index (κ2) is 5.85. The molecule has 0 aliphatic carbocycles. The predicted octanol–water partition coefficient (Wildman–Crippen LogP) is 1.49. The van der Waals surface area contributed by atoms with Crippen LogP contribution in [-0.2, 0) is 14.3 Å². The number of carbonyl (C=O) groups excluding carboxylic acids is 2. The molecular formula is C14H15NO4S. The number of fused-ring (bicyclic) bond motifs is 1. The van der Waals surface area contributed by atoms with Crippen LogP contribution in [0, 0.1) is 0 Å². The second-order valence-electron chi connectivity index (χ2n) is 4.71. The van der Waals surface area contributed by atoms with E-state index in [9.17, 15) is 9.59 Å². The van der Waals surface area contributed by atoms with Crippen molar-refractivity contribution in [3.8, 4) is 0 Å². The van der Waals surface area contributed by atoms with Crippen LogP contribution in [0.15, 0.2) is 30.3 Å². The van der Waals surface area contributed by atoms with E-state index >= 15 is 0 Å². The van der Waals surface area contributed by atoms with Crippen molar-refractivity contribution in [2.24, 2.45) is 0 Å². The quantitative estimate of drug-likeness (QED) is 0.619. The molecule has 0 amide bonds. The second-order valence-corrected chi connectivity index (χ2v) is 5.92. The lowest BCUT2D eigenvalue weighted by Gasteiger charge is -2.36. The SMILES string of the molecule is O=C(OCOC(=O)C1CSC2CCN21)c1ccccc1. The Bertz CT molecular complexity index is 507. The molecule has 0 aromatic heterocycles. The van der Waals surface area contributed by atoms with Gasteiger partial charge in [0.05, 0.1) is 10.9 Å². The molecule has 6 heteroatoms. The third-order valence-electron chi connectivity index (χ3n) is 3.52. The van der Waals surface area contributed by atoms with E-state index in [-0.39, 0.29) is 18.8 Å². The first-order chi connectivity index (χ1) is 9.75. The Labute approximate surface area is 121 Å². The minimum Gasteiger partial charge on any atom is -0.427 e. The van der Waals surface area contributed by atoms with E-state index in [1.165, 1.54) is 0 Å². The maximum absolute atomic E-state index is 11.9. The van der Waals surface area contributed by atoms with E-state index in [1.54, 1.807) is 36.0 Å². The fraction of sp³-hybridized carbons (Fsp3) is 0.429. The van der Waals surface area contributed by atoms with Crippen molar-refractivity contribution in [2.45, 2.75) is 17.8 Å². The van der Waals surface area contributed by atoms with Gasteiger partial charge in [-0.3, -0.25) is 9.69 Å². The summed E-state index contributed by atoms with van der Waals surface area (Å²) in [6.45, 7) is 0.619. The van der Waals surface area contributed by atoms with E-state index < -0.39 is 5.97 Å². The van der Waals surface area contributed by atoms with Crippen molar-refractivity contribution in [2.75, 3.05) is 19.1 Å². The summed E-state index contributed by atoms with van der Waals surface area (Å²) in [5, 5.41) is 0.472. The minimum absolute atomic E-state index is 0.186. The number of nitrogens with zero attached hydrogens (tertiary/aromatic N) is 1. The Morgan fingerprint density at radius 1 is 1.25 bits per heavy atom. The summed E-state index contributed by atoms with van der Waals surface area (Å²) in [6, 6.07) is 8.45. The van der Waals surface area contributed by atoms with Gasteiger partial charge in [-0.1, -0.05) is 18.2 Å². The lowest BCUT2D eigenvalue weighted by molar-refractivity contribution is -0.159. The molecule has 2 fully saturated rings. The van der Waals surface area contributed by atoms with E-state index in [1.807, 2.05) is 6.07 Å². The molecule has 5 nitrogen and oxygen atoms in total. The summed E-state index contributed by atoms with van der Waals surface area (Å²) in [5.74, 6) is -0.0301. The first-order valence-corrected chi connectivity index (χ1v) is 7.57. The number of rotatable bonds is 4. The molecule has 106 valence electrons. The summed E-state index contributed by atoms with van der Waals surface area (Å²) >= 11 is 1.78. The van der Waals surface area contributed by atoms with Gasteiger partial charge in [-0.05, 0) is 18.6 Å². The fourth-order valence-electron chi connectivity index (χ4n) is 2.32. The molecule has 2 atom stereocenters. The molecule has 0 bridgehead atoms. The average Bonchev–Trinajstić information content (AvgIpc) is 2.74. The highest BCUT2D eigenvalue weighted by molar-refractivity contribution is 8.00. The summed E-state index contributed by atoms with van der Waals surface area (Å²) in [7, 11) is 0. The van der Waals surface area contributed by atoms with Gasteiger partial charge in [-0.2, -0.15) is 0 Å². The lowest BCUT2D eigenvalue weighted by Crippen LogP contribution is -2.50. The Morgan fingerprint density at radius 3 is 2.70 bits per heavy atom. The van der Waals surface area contributed by atoms with Gasteiger partial charge >= 0.3 is 11.9 Å². The Morgan fingerprint density at radius 2 is 2.05 bits per heavy atom. The van der Waals surface area contributed by atoms with Crippen LogP contribution in [0.2, 0.25) is 0 Å². The zero-order valence-electron chi connectivity index (χ0n) is 10.9. The molecule has 0 saturated carbocycles. The number of ether oxygens (including phenoxy) is 2. The highest BCUT2D eigenvalue weighted by Crippen LogP contribution is 2.38. The summed E-state index contributed by atoms with van der Waals surface area (Å²) < 4.78 is 9.96. The molecule has 1 aromatic rings. The number of carbonyl (C=O) groups is 2. The smallest absolute Gasteiger partial charge is 0.340 e. The van der Waals surface area contributed by atoms with Crippen molar-refractivity contribution in [3.05, 3.63) is 35.9 Å². The van der Waals surface area contributed by atoms with Crippen LogP contribution >= 0.6 is 11.8 Å². The number of benzene rings is 1. The maximum atomic E-state index is 11.9. The molecule has 0 spiro atoms. The number of thioether (sulfide) groups is 1. The molecule has 0 radical (unpaired) electrons. The average molecular weight is 293 g/mol. The fourth-order valence-corrected chi connectivity index (χ4v) is 3.76. The Hall–Kier alpha value is -1.53. The van der Waals surface area contributed by atoms with Crippen molar-refractivity contribution in [3.63, 3.8) is 0 Å². The van der Waals surface area contributed by atoms with Crippen LogP contribution in [0.3, 0.4) is 0 Å². The largest absolute Gasteiger partial charge is 0.427 e. The van der Waals surface area contributed by atoms with Gasteiger partial charge in [0.25, 0.3) is 0 Å². The number of esters is 2. The van der Waals surface area contributed by atoms with Gasteiger partial charge in [-0.15, -0.1) is 11.8 Å². The lowest BCUT2D eigenvalue weighted by atomic mass is 10.1. The Balaban J connectivity index is 1.43. The van der Waals surface area contributed by atoms with Gasteiger partial charge in [0.2, 0.25) is 6.79 Å². The van der Waals surface area contributed by atoms with Gasteiger partial charge in [0.15, 0.2) is 0 Å². The molecule has 3 rings (SSSR count). The maximum Gasteiger partial charge on any atom is 0.340 e. The molecule has 1 aromatic carbocycles. The van der Waals surface area contributed by atoms with Gasteiger partial charge < -0.3 is 9.47 Å². The zero-order chi connectivity index (χ0) is 13.9. The van der Waals surface area contributed by atoms with Crippen LogP contribution in [0.5, 0.6) is 0 Å².